The number of piperidine rings is 1. The second-order valence-corrected chi connectivity index (χ2v) is 10.9. The first-order chi connectivity index (χ1) is 13.8. The van der Waals surface area contributed by atoms with E-state index in [-0.39, 0.29) is 11.1 Å². The Balaban J connectivity index is 1.64. The summed E-state index contributed by atoms with van der Waals surface area (Å²) in [6.07, 6.45) is 1.50. The number of carbonyl (C=O) groups is 1. The van der Waals surface area contributed by atoms with Crippen LogP contribution >= 0.6 is 0 Å². The van der Waals surface area contributed by atoms with Crippen molar-refractivity contribution in [2.45, 2.75) is 83.2 Å². The van der Waals surface area contributed by atoms with Crippen molar-refractivity contribution in [3.63, 3.8) is 0 Å². The van der Waals surface area contributed by atoms with Crippen LogP contribution in [0.3, 0.4) is 0 Å². The SMILES string of the molecule is Cc1c(CCN2C(=O)OC3(CC(C)(C)[NH2+]C(C)(C)C3)[C@@]2(C)O)c2ccccc2n1C. The van der Waals surface area contributed by atoms with Gasteiger partial charge >= 0.3 is 6.09 Å². The third-order valence-corrected chi connectivity index (χ3v) is 7.27. The molecule has 3 heterocycles. The van der Waals surface area contributed by atoms with Gasteiger partial charge in [0.15, 0.2) is 11.3 Å². The van der Waals surface area contributed by atoms with Gasteiger partial charge in [-0.2, -0.15) is 0 Å². The summed E-state index contributed by atoms with van der Waals surface area (Å²) in [6, 6.07) is 8.33. The van der Waals surface area contributed by atoms with E-state index in [4.69, 9.17) is 4.74 Å². The first kappa shape index (κ1) is 21.2. The van der Waals surface area contributed by atoms with Gasteiger partial charge in [-0.05, 0) is 59.6 Å². The molecule has 0 saturated carbocycles. The Hall–Kier alpha value is -2.05. The summed E-state index contributed by atoms with van der Waals surface area (Å²) in [5.41, 5.74) is 1.07. The highest BCUT2D eigenvalue weighted by Crippen LogP contribution is 2.48. The summed E-state index contributed by atoms with van der Waals surface area (Å²) in [5, 5.41) is 15.2. The van der Waals surface area contributed by atoms with Crippen LogP contribution in [-0.2, 0) is 18.2 Å². The van der Waals surface area contributed by atoms with Crippen LogP contribution in [0, 0.1) is 6.92 Å². The van der Waals surface area contributed by atoms with Crippen molar-refractivity contribution in [2.75, 3.05) is 6.54 Å². The van der Waals surface area contributed by atoms with Crippen molar-refractivity contribution in [3.05, 3.63) is 35.5 Å². The summed E-state index contributed by atoms with van der Waals surface area (Å²) in [4.78, 5) is 14.5. The van der Waals surface area contributed by atoms with E-state index in [1.54, 1.807) is 11.8 Å². The van der Waals surface area contributed by atoms with Crippen molar-refractivity contribution >= 4 is 17.0 Å². The Bertz CT molecular complexity index is 987. The maximum Gasteiger partial charge on any atom is 0.412 e. The molecule has 2 aromatic rings. The molecule has 1 aromatic heterocycles. The Kier molecular flexibility index (Phi) is 4.57. The Morgan fingerprint density at radius 1 is 1.10 bits per heavy atom. The highest BCUT2D eigenvalue weighted by atomic mass is 16.6. The molecule has 0 radical (unpaired) electrons. The number of benzene rings is 1. The number of carbonyl (C=O) groups excluding carboxylic acids is 1. The molecule has 30 heavy (non-hydrogen) atoms. The number of nitrogens with two attached hydrogens (primary N) is 1. The van der Waals surface area contributed by atoms with Crippen molar-refractivity contribution in [3.8, 4) is 0 Å². The predicted octanol–water partition coefficient (Wildman–Crippen LogP) is 2.84. The van der Waals surface area contributed by atoms with Crippen molar-refractivity contribution < 1.29 is 20.0 Å². The second-order valence-electron chi connectivity index (χ2n) is 10.9. The topological polar surface area (TPSA) is 71.3 Å². The molecule has 6 nitrogen and oxygen atoms in total. The minimum atomic E-state index is -1.36. The van der Waals surface area contributed by atoms with Crippen LogP contribution in [0.1, 0.15) is 58.7 Å². The van der Waals surface area contributed by atoms with Crippen LogP contribution in [0.15, 0.2) is 24.3 Å². The van der Waals surface area contributed by atoms with Gasteiger partial charge in [0.25, 0.3) is 0 Å². The van der Waals surface area contributed by atoms with Crippen molar-refractivity contribution in [1.82, 2.24) is 9.47 Å². The molecule has 164 valence electrons. The largest absolute Gasteiger partial charge is 0.437 e. The van der Waals surface area contributed by atoms with Gasteiger partial charge in [-0.1, -0.05) is 18.2 Å². The Labute approximate surface area is 179 Å². The van der Waals surface area contributed by atoms with Gasteiger partial charge in [-0.25, -0.2) is 4.79 Å². The standard InChI is InChI=1S/C24H35N3O3/c1-16-17(18-10-8-9-11-19(18)26(16)7)12-13-27-20(28)30-24(23(27,6)29)14-21(2,3)25-22(4,5)15-24/h8-11,25,29H,12-15H2,1-7H3/p+1/t23-/m1/s1. The minimum absolute atomic E-state index is 0.131. The first-order valence-corrected chi connectivity index (χ1v) is 10.9. The predicted molar refractivity (Wildman–Crippen MR) is 117 cm³/mol. The Morgan fingerprint density at radius 2 is 1.70 bits per heavy atom. The number of fused-ring (bicyclic) bond motifs is 1. The van der Waals surface area contributed by atoms with E-state index in [1.165, 1.54) is 22.2 Å². The summed E-state index contributed by atoms with van der Waals surface area (Å²) in [7, 11) is 2.07. The van der Waals surface area contributed by atoms with Crippen molar-refractivity contribution in [1.29, 1.82) is 0 Å². The van der Waals surface area contributed by atoms with E-state index in [0.29, 0.717) is 25.8 Å². The smallest absolute Gasteiger partial charge is 0.412 e. The molecule has 6 heteroatoms. The average molecular weight is 415 g/mol. The number of quaternary nitrogens is 1. The molecule has 0 unspecified atom stereocenters. The molecule has 2 saturated heterocycles. The molecule has 0 aliphatic carbocycles. The number of hydrogen-bond acceptors (Lipinski definition) is 3. The fourth-order valence-electron chi connectivity index (χ4n) is 6.29. The highest BCUT2D eigenvalue weighted by Gasteiger charge is 2.68. The minimum Gasteiger partial charge on any atom is -0.437 e. The van der Waals surface area contributed by atoms with Gasteiger partial charge in [0.2, 0.25) is 0 Å². The molecule has 2 aliphatic rings. The van der Waals surface area contributed by atoms with Crippen LogP contribution < -0.4 is 5.32 Å². The fourth-order valence-corrected chi connectivity index (χ4v) is 6.29. The van der Waals surface area contributed by atoms with Gasteiger partial charge in [0.05, 0.1) is 11.1 Å². The molecule has 2 aliphatic heterocycles. The molecule has 0 bridgehead atoms. The molecular formula is C24H36N3O3+. The number of nitrogens with zero attached hydrogens (tertiary/aromatic N) is 2. The molecule has 3 N–H and O–H groups in total. The maximum atomic E-state index is 13.0. The van der Waals surface area contributed by atoms with Crippen LogP contribution in [0.4, 0.5) is 4.79 Å². The van der Waals surface area contributed by atoms with E-state index in [0.717, 1.165) is 0 Å². The van der Waals surface area contributed by atoms with Gasteiger partial charge in [0.1, 0.15) is 0 Å². The molecule has 2 fully saturated rings. The highest BCUT2D eigenvalue weighted by molar-refractivity contribution is 5.85. The molecular weight excluding hydrogens is 378 g/mol. The monoisotopic (exact) mass is 414 g/mol. The summed E-state index contributed by atoms with van der Waals surface area (Å²) in [6.45, 7) is 12.9. The number of ether oxygens (including phenoxy) is 1. The third-order valence-electron chi connectivity index (χ3n) is 7.27. The van der Waals surface area contributed by atoms with Gasteiger partial charge in [0, 0.05) is 43.0 Å². The lowest BCUT2D eigenvalue weighted by atomic mass is 9.68. The van der Waals surface area contributed by atoms with Gasteiger partial charge in [-0.3, -0.25) is 4.90 Å². The number of rotatable bonds is 3. The lowest BCUT2D eigenvalue weighted by Gasteiger charge is -2.51. The zero-order chi connectivity index (χ0) is 22.1. The molecule has 1 amide bonds. The number of aryl methyl sites for hydroxylation is 1. The van der Waals surface area contributed by atoms with Crippen LogP contribution in [-0.4, -0.2) is 49.6 Å². The second kappa shape index (κ2) is 6.47. The van der Waals surface area contributed by atoms with E-state index < -0.39 is 17.4 Å². The van der Waals surface area contributed by atoms with Gasteiger partial charge in [-0.15, -0.1) is 0 Å². The third kappa shape index (κ3) is 3.12. The normalized spacial score (nSPS) is 27.1. The zero-order valence-electron chi connectivity index (χ0n) is 19.4. The number of amides is 1. The first-order valence-electron chi connectivity index (χ1n) is 10.9. The van der Waals surface area contributed by atoms with Crippen molar-refractivity contribution in [2.24, 2.45) is 7.05 Å². The van der Waals surface area contributed by atoms with E-state index >= 15 is 0 Å². The lowest BCUT2D eigenvalue weighted by Crippen LogP contribution is -3.07. The lowest BCUT2D eigenvalue weighted by molar-refractivity contribution is -0.793. The molecule has 1 atom stereocenters. The number of aromatic nitrogens is 1. The number of para-hydroxylation sites is 1. The molecule has 1 spiro atoms. The zero-order valence-corrected chi connectivity index (χ0v) is 19.4. The fraction of sp³-hybridized carbons (Fsp3) is 0.625. The Morgan fingerprint density at radius 3 is 2.33 bits per heavy atom. The van der Waals surface area contributed by atoms with Crippen LogP contribution in [0.25, 0.3) is 10.9 Å². The van der Waals surface area contributed by atoms with Crippen LogP contribution in [0.5, 0.6) is 0 Å². The number of hydrogen-bond donors (Lipinski definition) is 2. The molecule has 4 rings (SSSR count). The summed E-state index contributed by atoms with van der Waals surface area (Å²) < 4.78 is 8.20. The number of aliphatic hydroxyl groups is 1. The molecule has 1 aromatic carbocycles. The summed E-state index contributed by atoms with van der Waals surface area (Å²) in [5.74, 6) is 0. The van der Waals surface area contributed by atoms with E-state index in [9.17, 15) is 9.90 Å². The average Bonchev–Trinajstić information content (AvgIpc) is 2.92. The van der Waals surface area contributed by atoms with Gasteiger partial charge < -0.3 is 19.7 Å². The van der Waals surface area contributed by atoms with E-state index in [2.05, 4.69) is 63.7 Å². The quantitative estimate of drug-likeness (QED) is 0.811. The van der Waals surface area contributed by atoms with Crippen LogP contribution in [0.2, 0.25) is 0 Å². The van der Waals surface area contributed by atoms with E-state index in [1.807, 2.05) is 12.1 Å². The summed E-state index contributed by atoms with van der Waals surface area (Å²) >= 11 is 0. The maximum absolute atomic E-state index is 13.0.